The second-order valence-corrected chi connectivity index (χ2v) is 6.56. The Morgan fingerprint density at radius 2 is 1.61 bits per heavy atom. The third-order valence-electron chi connectivity index (χ3n) is 4.42. The topological polar surface area (TPSA) is 47.6 Å². The van der Waals surface area contributed by atoms with Crippen molar-refractivity contribution in [2.45, 2.75) is 13.0 Å². The monoisotopic (exact) mass is 421 g/mol. The van der Waals surface area contributed by atoms with Crippen LogP contribution >= 0.6 is 0 Å². The molecule has 1 amide bonds. The van der Waals surface area contributed by atoms with Crippen molar-refractivity contribution in [1.29, 1.82) is 0 Å². The zero-order chi connectivity index (χ0) is 22.1. The lowest BCUT2D eigenvalue weighted by Gasteiger charge is -2.11. The van der Waals surface area contributed by atoms with E-state index in [1.807, 2.05) is 30.3 Å². The average molecular weight is 421 g/mol. The van der Waals surface area contributed by atoms with Gasteiger partial charge >= 0.3 is 6.61 Å². The molecule has 3 aromatic rings. The first kappa shape index (κ1) is 21.8. The second-order valence-electron chi connectivity index (χ2n) is 6.56. The molecule has 158 valence electrons. The lowest BCUT2D eigenvalue weighted by atomic mass is 10.1. The van der Waals surface area contributed by atoms with Gasteiger partial charge in [-0.25, -0.2) is 0 Å². The van der Waals surface area contributed by atoms with E-state index in [4.69, 9.17) is 4.74 Å². The summed E-state index contributed by atoms with van der Waals surface area (Å²) in [5.74, 6) is 6.13. The maximum atomic E-state index is 12.4. The van der Waals surface area contributed by atoms with Crippen LogP contribution in [0.4, 0.5) is 8.78 Å². The van der Waals surface area contributed by atoms with E-state index in [1.165, 1.54) is 13.2 Å². The first-order chi connectivity index (χ1) is 15.0. The third-order valence-corrected chi connectivity index (χ3v) is 4.42. The van der Waals surface area contributed by atoms with Crippen LogP contribution in [-0.4, -0.2) is 26.2 Å². The molecule has 0 aromatic heterocycles. The number of alkyl halides is 2. The molecule has 0 saturated heterocycles. The van der Waals surface area contributed by atoms with Crippen molar-refractivity contribution in [3.8, 4) is 23.3 Å². The molecule has 0 aliphatic carbocycles. The molecule has 3 rings (SSSR count). The summed E-state index contributed by atoms with van der Waals surface area (Å²) in [6.07, 6.45) is 0.512. The van der Waals surface area contributed by atoms with Crippen LogP contribution in [0.1, 0.15) is 27.0 Å². The molecule has 4 nitrogen and oxygen atoms in total. The Morgan fingerprint density at radius 1 is 0.935 bits per heavy atom. The number of rotatable bonds is 7. The van der Waals surface area contributed by atoms with E-state index < -0.39 is 6.61 Å². The van der Waals surface area contributed by atoms with Crippen molar-refractivity contribution < 1.29 is 23.0 Å². The van der Waals surface area contributed by atoms with E-state index in [2.05, 4.69) is 21.9 Å². The largest absolute Gasteiger partial charge is 0.493 e. The van der Waals surface area contributed by atoms with Crippen molar-refractivity contribution in [2.75, 3.05) is 13.7 Å². The molecule has 0 saturated carbocycles. The minimum atomic E-state index is -2.92. The Bertz CT molecular complexity index is 1070. The molecule has 1 N–H and O–H groups in total. The summed E-state index contributed by atoms with van der Waals surface area (Å²) < 4.78 is 34.3. The van der Waals surface area contributed by atoms with E-state index >= 15 is 0 Å². The molecule has 0 spiro atoms. The van der Waals surface area contributed by atoms with Gasteiger partial charge in [0, 0.05) is 23.2 Å². The molecule has 3 aromatic carbocycles. The molecule has 0 heterocycles. The van der Waals surface area contributed by atoms with Gasteiger partial charge in [-0.15, -0.1) is 0 Å². The highest BCUT2D eigenvalue weighted by molar-refractivity contribution is 5.94. The molecule has 0 fully saturated rings. The van der Waals surface area contributed by atoms with Gasteiger partial charge in [0.15, 0.2) is 11.5 Å². The summed E-state index contributed by atoms with van der Waals surface area (Å²) >= 11 is 0. The van der Waals surface area contributed by atoms with Crippen molar-refractivity contribution in [3.63, 3.8) is 0 Å². The predicted molar refractivity (Wildman–Crippen MR) is 115 cm³/mol. The number of hydrogen-bond donors (Lipinski definition) is 1. The zero-order valence-electron chi connectivity index (χ0n) is 16.9. The van der Waals surface area contributed by atoms with Crippen LogP contribution in [0.3, 0.4) is 0 Å². The van der Waals surface area contributed by atoms with Crippen LogP contribution in [0.15, 0.2) is 72.8 Å². The molecule has 31 heavy (non-hydrogen) atoms. The molecule has 0 unspecified atom stereocenters. The number of ether oxygens (including phenoxy) is 2. The van der Waals surface area contributed by atoms with E-state index in [0.29, 0.717) is 18.5 Å². The molecular weight excluding hydrogens is 400 g/mol. The molecule has 0 aliphatic rings. The van der Waals surface area contributed by atoms with Crippen LogP contribution in [0.25, 0.3) is 0 Å². The van der Waals surface area contributed by atoms with E-state index in [-0.39, 0.29) is 17.4 Å². The van der Waals surface area contributed by atoms with Gasteiger partial charge in [0.05, 0.1) is 7.11 Å². The van der Waals surface area contributed by atoms with Crippen LogP contribution in [0.2, 0.25) is 0 Å². The number of hydrogen-bond acceptors (Lipinski definition) is 3. The standard InChI is InChI=1S/C25H21F2NO3/c1-30-23-17-20(11-14-22(23)31-25(26)27)15-16-28-24(29)21-12-9-19(10-13-21)8-7-18-5-3-2-4-6-18/h2-6,9-14,17,25H,15-16H2,1H3,(H,28,29). The fraction of sp³-hybridized carbons (Fsp3) is 0.160. The molecule has 0 aliphatic heterocycles. The van der Waals surface area contributed by atoms with Crippen molar-refractivity contribution in [2.24, 2.45) is 0 Å². The molecule has 0 bridgehead atoms. The Morgan fingerprint density at radius 3 is 2.26 bits per heavy atom. The van der Waals surface area contributed by atoms with Crippen molar-refractivity contribution >= 4 is 5.91 Å². The van der Waals surface area contributed by atoms with E-state index in [1.54, 1.807) is 36.4 Å². The fourth-order valence-electron chi connectivity index (χ4n) is 2.85. The van der Waals surface area contributed by atoms with Gasteiger partial charge in [-0.3, -0.25) is 4.79 Å². The highest BCUT2D eigenvalue weighted by Crippen LogP contribution is 2.29. The summed E-state index contributed by atoms with van der Waals surface area (Å²) in [5, 5.41) is 2.84. The van der Waals surface area contributed by atoms with Gasteiger partial charge in [-0.1, -0.05) is 36.1 Å². The van der Waals surface area contributed by atoms with Crippen molar-refractivity contribution in [3.05, 3.63) is 95.1 Å². The predicted octanol–water partition coefficient (Wildman–Crippen LogP) is 4.67. The Balaban J connectivity index is 1.53. The highest BCUT2D eigenvalue weighted by atomic mass is 19.3. The number of nitrogens with one attached hydrogen (secondary N) is 1. The molecule has 6 heteroatoms. The van der Waals surface area contributed by atoms with Crippen LogP contribution in [0.5, 0.6) is 11.5 Å². The fourth-order valence-corrected chi connectivity index (χ4v) is 2.85. The second kappa shape index (κ2) is 10.8. The Hall–Kier alpha value is -3.85. The SMILES string of the molecule is COc1cc(CCNC(=O)c2ccc(C#Cc3ccccc3)cc2)ccc1OC(F)F. The number of carbonyl (C=O) groups is 1. The highest BCUT2D eigenvalue weighted by Gasteiger charge is 2.11. The van der Waals surface area contributed by atoms with Gasteiger partial charge < -0.3 is 14.8 Å². The minimum absolute atomic E-state index is 0.0271. The normalized spacial score (nSPS) is 10.2. The summed E-state index contributed by atoms with van der Waals surface area (Å²) in [4.78, 5) is 12.3. The number of methoxy groups -OCH3 is 1. The van der Waals surface area contributed by atoms with Crippen LogP contribution < -0.4 is 14.8 Å². The van der Waals surface area contributed by atoms with Gasteiger partial charge in [-0.2, -0.15) is 8.78 Å². The summed E-state index contributed by atoms with van der Waals surface area (Å²) in [6, 6.07) is 21.4. The summed E-state index contributed by atoms with van der Waals surface area (Å²) in [5.41, 5.74) is 3.10. The third kappa shape index (κ3) is 6.58. The number of halogens is 2. The first-order valence-corrected chi connectivity index (χ1v) is 9.62. The zero-order valence-corrected chi connectivity index (χ0v) is 16.9. The van der Waals surface area contributed by atoms with Crippen LogP contribution in [-0.2, 0) is 6.42 Å². The number of benzene rings is 3. The Labute approximate surface area is 179 Å². The first-order valence-electron chi connectivity index (χ1n) is 9.62. The number of carbonyl (C=O) groups excluding carboxylic acids is 1. The van der Waals surface area contributed by atoms with E-state index in [0.717, 1.165) is 16.7 Å². The maximum absolute atomic E-state index is 12.4. The minimum Gasteiger partial charge on any atom is -0.493 e. The molecular formula is C25H21F2NO3. The average Bonchev–Trinajstić information content (AvgIpc) is 2.79. The summed E-state index contributed by atoms with van der Waals surface area (Å²) in [7, 11) is 1.38. The summed E-state index contributed by atoms with van der Waals surface area (Å²) in [6.45, 7) is -2.54. The van der Waals surface area contributed by atoms with Gasteiger partial charge in [0.2, 0.25) is 0 Å². The smallest absolute Gasteiger partial charge is 0.387 e. The van der Waals surface area contributed by atoms with Crippen LogP contribution in [0, 0.1) is 11.8 Å². The van der Waals surface area contributed by atoms with E-state index in [9.17, 15) is 13.6 Å². The molecule has 0 radical (unpaired) electrons. The molecule has 0 atom stereocenters. The van der Waals surface area contributed by atoms with Gasteiger partial charge in [0.1, 0.15) is 0 Å². The Kier molecular flexibility index (Phi) is 7.61. The maximum Gasteiger partial charge on any atom is 0.387 e. The lowest BCUT2D eigenvalue weighted by molar-refractivity contribution is -0.0512. The quantitative estimate of drug-likeness (QED) is 0.564. The van der Waals surface area contributed by atoms with Crippen molar-refractivity contribution in [1.82, 2.24) is 5.32 Å². The lowest BCUT2D eigenvalue weighted by Crippen LogP contribution is -2.25. The number of amides is 1. The van der Waals surface area contributed by atoms with Gasteiger partial charge in [-0.05, 0) is 60.5 Å². The van der Waals surface area contributed by atoms with Gasteiger partial charge in [0.25, 0.3) is 5.91 Å².